The number of carbonyl (C=O) groups excluding carboxylic acids is 1. The predicted octanol–water partition coefficient (Wildman–Crippen LogP) is 5.19. The van der Waals surface area contributed by atoms with Crippen molar-refractivity contribution in [2.24, 2.45) is 29.1 Å². The van der Waals surface area contributed by atoms with Crippen molar-refractivity contribution in [3.63, 3.8) is 0 Å². The standard InChI is InChI=1S/C21H40O3Si/c1-7-23-20(22)19-16(13-15-11-9-8-10-12-15)17(19)14-18(21(2,3)4)24-25(5)6/h15-19,25H,7-14H2,1-6H3/t16-,17+,18?,19+/m0/s1. The molecule has 0 N–H and O–H groups in total. The average molecular weight is 369 g/mol. The van der Waals surface area contributed by atoms with Gasteiger partial charge in [-0.3, -0.25) is 4.79 Å². The van der Waals surface area contributed by atoms with Crippen molar-refractivity contribution in [1.82, 2.24) is 0 Å². The van der Waals surface area contributed by atoms with Gasteiger partial charge in [0, 0.05) is 6.10 Å². The Morgan fingerprint density at radius 2 is 1.76 bits per heavy atom. The van der Waals surface area contributed by atoms with Crippen molar-refractivity contribution in [3.05, 3.63) is 0 Å². The molecule has 2 aliphatic rings. The maximum Gasteiger partial charge on any atom is 0.309 e. The first-order valence-corrected chi connectivity index (χ1v) is 13.3. The van der Waals surface area contributed by atoms with E-state index in [1.54, 1.807) is 0 Å². The highest BCUT2D eigenvalue weighted by molar-refractivity contribution is 6.48. The van der Waals surface area contributed by atoms with Gasteiger partial charge in [-0.1, -0.05) is 52.9 Å². The molecular weight excluding hydrogens is 328 g/mol. The van der Waals surface area contributed by atoms with Crippen molar-refractivity contribution in [2.45, 2.75) is 91.8 Å². The van der Waals surface area contributed by atoms with E-state index in [4.69, 9.17) is 9.16 Å². The molecule has 0 saturated heterocycles. The molecule has 0 aromatic heterocycles. The van der Waals surface area contributed by atoms with Gasteiger partial charge in [0.15, 0.2) is 9.04 Å². The smallest absolute Gasteiger partial charge is 0.309 e. The van der Waals surface area contributed by atoms with Gasteiger partial charge in [-0.2, -0.15) is 0 Å². The number of esters is 1. The van der Waals surface area contributed by atoms with Crippen molar-refractivity contribution in [1.29, 1.82) is 0 Å². The van der Waals surface area contributed by atoms with Crippen LogP contribution in [0.4, 0.5) is 0 Å². The lowest BCUT2D eigenvalue weighted by Crippen LogP contribution is -2.34. The minimum absolute atomic E-state index is 0.0442. The van der Waals surface area contributed by atoms with Crippen LogP contribution in [0.15, 0.2) is 0 Å². The van der Waals surface area contributed by atoms with Crippen LogP contribution in [-0.2, 0) is 14.0 Å². The predicted molar refractivity (Wildman–Crippen MR) is 106 cm³/mol. The van der Waals surface area contributed by atoms with Crippen LogP contribution in [0.1, 0.15) is 72.6 Å². The van der Waals surface area contributed by atoms with Crippen LogP contribution in [0.2, 0.25) is 13.1 Å². The van der Waals surface area contributed by atoms with Crippen LogP contribution in [0.5, 0.6) is 0 Å². The summed E-state index contributed by atoms with van der Waals surface area (Å²) in [5.74, 6) is 2.00. The topological polar surface area (TPSA) is 35.5 Å². The van der Waals surface area contributed by atoms with Crippen LogP contribution in [0.3, 0.4) is 0 Å². The lowest BCUT2D eigenvalue weighted by Gasteiger charge is -2.33. The number of hydrogen-bond donors (Lipinski definition) is 0. The van der Waals surface area contributed by atoms with Gasteiger partial charge < -0.3 is 9.16 Å². The van der Waals surface area contributed by atoms with Crippen molar-refractivity contribution in [3.8, 4) is 0 Å². The fourth-order valence-electron chi connectivity index (χ4n) is 4.67. The fourth-order valence-corrected chi connectivity index (χ4v) is 5.85. The molecule has 25 heavy (non-hydrogen) atoms. The SMILES string of the molecule is CCOC(=O)[C@H]1[C@H](CC(O[SiH](C)C)C(C)(C)C)[C@@H]1CC1CCCCC1. The third-order valence-electron chi connectivity index (χ3n) is 6.11. The summed E-state index contributed by atoms with van der Waals surface area (Å²) in [6.45, 7) is 13.7. The molecule has 0 bridgehead atoms. The molecule has 0 heterocycles. The first-order valence-electron chi connectivity index (χ1n) is 10.6. The van der Waals surface area contributed by atoms with Gasteiger partial charge in [0.25, 0.3) is 0 Å². The molecule has 0 amide bonds. The van der Waals surface area contributed by atoms with Crippen molar-refractivity contribution < 1.29 is 14.0 Å². The monoisotopic (exact) mass is 368 g/mol. The van der Waals surface area contributed by atoms with E-state index >= 15 is 0 Å². The van der Waals surface area contributed by atoms with E-state index in [0.717, 1.165) is 12.3 Å². The Hall–Kier alpha value is -0.353. The molecule has 2 saturated carbocycles. The van der Waals surface area contributed by atoms with Crippen molar-refractivity contribution >= 4 is 15.0 Å². The number of ether oxygens (including phenoxy) is 1. The Labute approximate surface area is 157 Å². The van der Waals surface area contributed by atoms with Crippen LogP contribution >= 0.6 is 0 Å². The fraction of sp³-hybridized carbons (Fsp3) is 0.952. The summed E-state index contributed by atoms with van der Waals surface area (Å²) >= 11 is 0. The van der Waals surface area contributed by atoms with E-state index in [0.29, 0.717) is 18.4 Å². The van der Waals surface area contributed by atoms with Gasteiger partial charge in [-0.15, -0.1) is 0 Å². The molecule has 146 valence electrons. The van der Waals surface area contributed by atoms with E-state index in [9.17, 15) is 4.79 Å². The highest BCUT2D eigenvalue weighted by Gasteiger charge is 2.56. The Morgan fingerprint density at radius 3 is 2.28 bits per heavy atom. The molecule has 4 atom stereocenters. The molecule has 0 aromatic carbocycles. The summed E-state index contributed by atoms with van der Waals surface area (Å²) in [5.41, 5.74) is 0.133. The second kappa shape index (κ2) is 9.03. The second-order valence-corrected chi connectivity index (χ2v) is 12.0. The molecule has 0 aliphatic heterocycles. The second-order valence-electron chi connectivity index (χ2n) is 9.62. The van der Waals surface area contributed by atoms with Gasteiger partial charge in [-0.25, -0.2) is 0 Å². The number of rotatable bonds is 8. The molecule has 0 spiro atoms. The van der Waals surface area contributed by atoms with Gasteiger partial charge in [0.05, 0.1) is 12.5 Å². The summed E-state index contributed by atoms with van der Waals surface area (Å²) in [5, 5.41) is 0. The van der Waals surface area contributed by atoms with E-state index in [1.165, 1.54) is 38.5 Å². The molecule has 3 nitrogen and oxygen atoms in total. The van der Waals surface area contributed by atoms with E-state index in [1.807, 2.05) is 6.92 Å². The molecule has 2 fully saturated rings. The Morgan fingerprint density at radius 1 is 1.12 bits per heavy atom. The zero-order valence-corrected chi connectivity index (χ0v) is 18.5. The Kier molecular flexibility index (Phi) is 7.57. The Balaban J connectivity index is 2.01. The number of carbonyl (C=O) groups is 1. The first kappa shape index (κ1) is 21.0. The highest BCUT2D eigenvalue weighted by Crippen LogP contribution is 2.55. The van der Waals surface area contributed by atoms with Gasteiger partial charge in [0.2, 0.25) is 0 Å². The molecule has 0 radical (unpaired) electrons. The quantitative estimate of drug-likeness (QED) is 0.437. The normalized spacial score (nSPS) is 28.8. The zero-order chi connectivity index (χ0) is 18.6. The van der Waals surface area contributed by atoms with Crippen LogP contribution < -0.4 is 0 Å². The molecule has 0 aromatic rings. The van der Waals surface area contributed by atoms with Crippen LogP contribution in [-0.4, -0.2) is 27.7 Å². The van der Waals surface area contributed by atoms with Gasteiger partial charge in [-0.05, 0) is 56.0 Å². The summed E-state index contributed by atoms with van der Waals surface area (Å²) in [6, 6.07) is 0. The third kappa shape index (κ3) is 6.09. The largest absolute Gasteiger partial charge is 0.466 e. The minimum Gasteiger partial charge on any atom is -0.466 e. The lowest BCUT2D eigenvalue weighted by atomic mass is 9.83. The minimum atomic E-state index is -1.09. The summed E-state index contributed by atoms with van der Waals surface area (Å²) < 4.78 is 11.8. The summed E-state index contributed by atoms with van der Waals surface area (Å²) in [7, 11) is -1.09. The molecule has 4 heteroatoms. The highest BCUT2D eigenvalue weighted by atomic mass is 28.3. The van der Waals surface area contributed by atoms with Gasteiger partial charge >= 0.3 is 5.97 Å². The Bertz CT molecular complexity index is 423. The van der Waals surface area contributed by atoms with Crippen LogP contribution in [0, 0.1) is 29.1 Å². The van der Waals surface area contributed by atoms with E-state index in [-0.39, 0.29) is 23.4 Å². The number of hydrogen-bond acceptors (Lipinski definition) is 3. The van der Waals surface area contributed by atoms with Crippen molar-refractivity contribution in [2.75, 3.05) is 6.61 Å². The molecule has 2 rings (SSSR count). The maximum absolute atomic E-state index is 12.5. The van der Waals surface area contributed by atoms with Crippen LogP contribution in [0.25, 0.3) is 0 Å². The van der Waals surface area contributed by atoms with Gasteiger partial charge in [0.1, 0.15) is 0 Å². The molecular formula is C21H40O3Si. The van der Waals surface area contributed by atoms with E-state index in [2.05, 4.69) is 33.9 Å². The molecule has 2 aliphatic carbocycles. The maximum atomic E-state index is 12.5. The van der Waals surface area contributed by atoms with E-state index < -0.39 is 9.04 Å². The summed E-state index contributed by atoms with van der Waals surface area (Å²) in [6.07, 6.45) is 9.37. The lowest BCUT2D eigenvalue weighted by molar-refractivity contribution is -0.145. The molecule has 1 unspecified atom stereocenters. The first-order chi connectivity index (χ1) is 11.7. The summed E-state index contributed by atoms with van der Waals surface area (Å²) in [4.78, 5) is 12.5. The third-order valence-corrected chi connectivity index (χ3v) is 6.98. The zero-order valence-electron chi connectivity index (χ0n) is 17.3. The average Bonchev–Trinajstić information content (AvgIpc) is 3.19.